The van der Waals surface area contributed by atoms with Gasteiger partial charge in [0.15, 0.2) is 0 Å². The van der Waals surface area contributed by atoms with Crippen LogP contribution in [0.25, 0.3) is 0 Å². The molecule has 0 saturated heterocycles. The van der Waals surface area contributed by atoms with Crippen LogP contribution in [0.3, 0.4) is 0 Å². The number of aliphatic hydroxyl groups is 1. The summed E-state index contributed by atoms with van der Waals surface area (Å²) in [5, 5.41) is 10.5. The smallest absolute Gasteiger partial charge is 0.137 e. The van der Waals surface area contributed by atoms with E-state index >= 15 is 0 Å². The van der Waals surface area contributed by atoms with Crippen molar-refractivity contribution >= 4 is 5.82 Å². The lowest BCUT2D eigenvalue weighted by Gasteiger charge is -2.43. The number of anilines is 1. The molecule has 1 aliphatic carbocycles. The van der Waals surface area contributed by atoms with Crippen LogP contribution in [-0.2, 0) is 5.41 Å². The lowest BCUT2D eigenvalue weighted by atomic mass is 9.84. The highest BCUT2D eigenvalue weighted by Gasteiger charge is 2.49. The predicted octanol–water partition coefficient (Wildman–Crippen LogP) is 0.987. The number of hydrogen-bond donors (Lipinski definition) is 2. The van der Waals surface area contributed by atoms with E-state index in [2.05, 4.69) is 29.8 Å². The van der Waals surface area contributed by atoms with Crippen LogP contribution in [0.5, 0.6) is 0 Å². The molecule has 4 nitrogen and oxygen atoms in total. The van der Waals surface area contributed by atoms with Crippen molar-refractivity contribution in [3.8, 4) is 0 Å². The summed E-state index contributed by atoms with van der Waals surface area (Å²) in [6, 6.07) is 4.62. The molecule has 1 unspecified atom stereocenters. The number of pyridine rings is 1. The van der Waals surface area contributed by atoms with Crippen molar-refractivity contribution in [3.05, 3.63) is 23.9 Å². The molecule has 17 heavy (non-hydrogen) atoms. The Hall–Kier alpha value is -1.13. The number of aliphatic hydroxyl groups excluding tert-OH is 1. The first kappa shape index (κ1) is 11.0. The van der Waals surface area contributed by atoms with Crippen LogP contribution in [0.2, 0.25) is 0 Å². The molecule has 92 valence electrons. The van der Waals surface area contributed by atoms with Gasteiger partial charge in [0.05, 0.1) is 0 Å². The van der Waals surface area contributed by atoms with E-state index < -0.39 is 6.23 Å². The van der Waals surface area contributed by atoms with Crippen molar-refractivity contribution in [1.82, 2.24) is 4.98 Å². The molecule has 0 radical (unpaired) electrons. The SMILES string of the molecule is CC1(C)c2cccnc2N(C2CC(N)C2)C1O. The van der Waals surface area contributed by atoms with Gasteiger partial charge in [-0.25, -0.2) is 4.98 Å². The van der Waals surface area contributed by atoms with E-state index in [9.17, 15) is 5.11 Å². The predicted molar refractivity (Wildman–Crippen MR) is 66.7 cm³/mol. The van der Waals surface area contributed by atoms with Gasteiger partial charge in [-0.05, 0) is 18.9 Å². The van der Waals surface area contributed by atoms with Gasteiger partial charge in [0.25, 0.3) is 0 Å². The Balaban J connectivity index is 2.01. The van der Waals surface area contributed by atoms with Crippen LogP contribution in [0.4, 0.5) is 5.82 Å². The summed E-state index contributed by atoms with van der Waals surface area (Å²) in [5.74, 6) is 0.932. The fourth-order valence-corrected chi connectivity index (χ4v) is 2.94. The number of fused-ring (bicyclic) bond motifs is 1. The lowest BCUT2D eigenvalue weighted by molar-refractivity contribution is 0.0885. The fourth-order valence-electron chi connectivity index (χ4n) is 2.94. The zero-order valence-corrected chi connectivity index (χ0v) is 10.3. The Kier molecular flexibility index (Phi) is 2.22. The number of nitrogens with zero attached hydrogens (tertiary/aromatic N) is 2. The van der Waals surface area contributed by atoms with E-state index in [0.717, 1.165) is 24.2 Å². The van der Waals surface area contributed by atoms with Crippen LogP contribution in [0.1, 0.15) is 32.3 Å². The molecule has 1 aliphatic heterocycles. The second-order valence-electron chi connectivity index (χ2n) is 5.76. The fraction of sp³-hybridized carbons (Fsp3) is 0.615. The molecule has 0 bridgehead atoms. The molecule has 1 aromatic heterocycles. The summed E-state index contributed by atoms with van der Waals surface area (Å²) in [7, 11) is 0. The first-order valence-corrected chi connectivity index (χ1v) is 6.19. The molecule has 1 atom stereocenters. The van der Waals surface area contributed by atoms with Gasteiger partial charge >= 0.3 is 0 Å². The molecule has 1 saturated carbocycles. The van der Waals surface area contributed by atoms with Crippen molar-refractivity contribution < 1.29 is 5.11 Å². The second-order valence-corrected chi connectivity index (χ2v) is 5.76. The molecule has 3 rings (SSSR count). The topological polar surface area (TPSA) is 62.4 Å². The summed E-state index contributed by atoms with van der Waals surface area (Å²) in [6.07, 6.45) is 3.19. The number of hydrogen-bond acceptors (Lipinski definition) is 4. The van der Waals surface area contributed by atoms with Crippen molar-refractivity contribution in [1.29, 1.82) is 0 Å². The van der Waals surface area contributed by atoms with Crippen LogP contribution >= 0.6 is 0 Å². The Morgan fingerprint density at radius 3 is 2.82 bits per heavy atom. The molecule has 0 amide bonds. The summed E-state index contributed by atoms with van der Waals surface area (Å²) in [6.45, 7) is 4.13. The van der Waals surface area contributed by atoms with E-state index in [-0.39, 0.29) is 11.5 Å². The Labute approximate surface area is 101 Å². The van der Waals surface area contributed by atoms with E-state index in [1.165, 1.54) is 0 Å². The van der Waals surface area contributed by atoms with Crippen molar-refractivity contribution in [3.63, 3.8) is 0 Å². The number of aromatic nitrogens is 1. The minimum atomic E-state index is -0.495. The molecule has 0 spiro atoms. The van der Waals surface area contributed by atoms with E-state index in [0.29, 0.717) is 6.04 Å². The Morgan fingerprint density at radius 2 is 2.18 bits per heavy atom. The Morgan fingerprint density at radius 1 is 1.47 bits per heavy atom. The maximum absolute atomic E-state index is 10.5. The highest BCUT2D eigenvalue weighted by atomic mass is 16.3. The summed E-state index contributed by atoms with van der Waals surface area (Å²) >= 11 is 0. The third-order valence-electron chi connectivity index (χ3n) is 4.18. The summed E-state index contributed by atoms with van der Waals surface area (Å²) in [5.41, 5.74) is 6.71. The molecular formula is C13H19N3O. The average Bonchev–Trinajstić information content (AvgIpc) is 2.45. The molecule has 1 fully saturated rings. The first-order chi connectivity index (χ1) is 8.01. The second kappa shape index (κ2) is 3.43. The molecule has 3 N–H and O–H groups in total. The van der Waals surface area contributed by atoms with Gasteiger partial charge in [-0.1, -0.05) is 19.9 Å². The molecule has 2 aliphatic rings. The van der Waals surface area contributed by atoms with Crippen molar-refractivity contribution in [2.75, 3.05) is 4.90 Å². The van der Waals surface area contributed by atoms with Crippen LogP contribution in [0, 0.1) is 0 Å². The quantitative estimate of drug-likeness (QED) is 0.759. The summed E-state index contributed by atoms with van der Waals surface area (Å²) in [4.78, 5) is 6.49. The van der Waals surface area contributed by atoms with Gasteiger partial charge in [-0.15, -0.1) is 0 Å². The number of rotatable bonds is 1. The lowest BCUT2D eigenvalue weighted by Crippen LogP contribution is -2.55. The normalized spacial score (nSPS) is 34.4. The van der Waals surface area contributed by atoms with Gasteiger partial charge in [0.2, 0.25) is 0 Å². The Bertz CT molecular complexity index is 440. The first-order valence-electron chi connectivity index (χ1n) is 6.19. The third-order valence-corrected chi connectivity index (χ3v) is 4.18. The van der Waals surface area contributed by atoms with Crippen LogP contribution in [0.15, 0.2) is 18.3 Å². The number of nitrogens with two attached hydrogens (primary N) is 1. The van der Waals surface area contributed by atoms with Crippen LogP contribution in [-0.4, -0.2) is 28.4 Å². The van der Waals surface area contributed by atoms with E-state index in [1.807, 2.05) is 6.07 Å². The maximum Gasteiger partial charge on any atom is 0.137 e. The standard InChI is InChI=1S/C13H19N3O/c1-13(2)10-4-3-5-15-11(10)16(12(13)17)9-6-8(14)7-9/h3-5,8-9,12,17H,6-7,14H2,1-2H3. The highest BCUT2D eigenvalue weighted by Crippen LogP contribution is 2.46. The van der Waals surface area contributed by atoms with Crippen molar-refractivity contribution in [2.45, 2.75) is 50.4 Å². The van der Waals surface area contributed by atoms with E-state index in [4.69, 9.17) is 5.73 Å². The average molecular weight is 233 g/mol. The van der Waals surface area contributed by atoms with Gasteiger partial charge in [-0.3, -0.25) is 0 Å². The molecule has 2 heterocycles. The summed E-state index contributed by atoms with van der Waals surface area (Å²) < 4.78 is 0. The van der Waals surface area contributed by atoms with Gasteiger partial charge in [0, 0.05) is 29.3 Å². The van der Waals surface area contributed by atoms with Crippen LogP contribution < -0.4 is 10.6 Å². The minimum absolute atomic E-state index is 0.261. The minimum Gasteiger partial charge on any atom is -0.373 e. The largest absolute Gasteiger partial charge is 0.373 e. The van der Waals surface area contributed by atoms with Gasteiger partial charge in [0.1, 0.15) is 12.0 Å². The van der Waals surface area contributed by atoms with Crippen molar-refractivity contribution in [2.24, 2.45) is 5.73 Å². The maximum atomic E-state index is 10.5. The zero-order chi connectivity index (χ0) is 12.2. The zero-order valence-electron chi connectivity index (χ0n) is 10.3. The van der Waals surface area contributed by atoms with E-state index in [1.54, 1.807) is 6.20 Å². The molecule has 0 aromatic carbocycles. The molecule has 1 aromatic rings. The molecule has 4 heteroatoms. The highest BCUT2D eigenvalue weighted by molar-refractivity contribution is 5.59. The third kappa shape index (κ3) is 1.40. The molecular weight excluding hydrogens is 214 g/mol. The van der Waals surface area contributed by atoms with Gasteiger partial charge < -0.3 is 15.7 Å². The van der Waals surface area contributed by atoms with Gasteiger partial charge in [-0.2, -0.15) is 0 Å². The monoisotopic (exact) mass is 233 g/mol.